The van der Waals surface area contributed by atoms with Crippen LogP contribution in [0, 0.1) is 5.82 Å². The van der Waals surface area contributed by atoms with E-state index in [0.717, 1.165) is 29.0 Å². The van der Waals surface area contributed by atoms with Crippen LogP contribution in [0.15, 0.2) is 42.6 Å². The largest absolute Gasteiger partial charge is 0.454 e. The van der Waals surface area contributed by atoms with Gasteiger partial charge in [0, 0.05) is 27.7 Å². The zero-order chi connectivity index (χ0) is 18.0. The van der Waals surface area contributed by atoms with E-state index in [4.69, 9.17) is 16.3 Å². The summed E-state index contributed by atoms with van der Waals surface area (Å²) in [7, 11) is 0. The number of para-hydroxylation sites is 1. The van der Waals surface area contributed by atoms with Gasteiger partial charge >= 0.3 is 5.97 Å². The fourth-order valence-corrected chi connectivity index (χ4v) is 2.84. The Morgan fingerprint density at radius 1 is 1.20 bits per heavy atom. The van der Waals surface area contributed by atoms with Crippen molar-refractivity contribution < 1.29 is 18.7 Å². The Labute approximate surface area is 148 Å². The van der Waals surface area contributed by atoms with Gasteiger partial charge in [0.2, 0.25) is 5.78 Å². The minimum Gasteiger partial charge on any atom is -0.454 e. The predicted molar refractivity (Wildman–Crippen MR) is 93.7 cm³/mol. The zero-order valence-corrected chi connectivity index (χ0v) is 14.2. The summed E-state index contributed by atoms with van der Waals surface area (Å²) in [5.41, 5.74) is 2.17. The number of Topliss-reactive ketones (excluding diaryl/α,β-unsaturated/α-hetero) is 1. The molecule has 3 rings (SSSR count). The Morgan fingerprint density at radius 3 is 2.72 bits per heavy atom. The van der Waals surface area contributed by atoms with E-state index in [1.165, 1.54) is 12.1 Å². The number of ether oxygens (including phenoxy) is 1. The Morgan fingerprint density at radius 2 is 2.00 bits per heavy atom. The molecule has 0 radical (unpaired) electrons. The van der Waals surface area contributed by atoms with Crippen LogP contribution in [-0.2, 0) is 11.2 Å². The molecule has 6 heteroatoms. The monoisotopic (exact) mass is 359 g/mol. The minimum atomic E-state index is -0.906. The summed E-state index contributed by atoms with van der Waals surface area (Å²) in [4.78, 5) is 27.4. The molecule has 0 atom stereocenters. The molecule has 3 aromatic rings. The average Bonchev–Trinajstić information content (AvgIpc) is 3.03. The number of esters is 1. The van der Waals surface area contributed by atoms with E-state index in [9.17, 15) is 14.0 Å². The van der Waals surface area contributed by atoms with Gasteiger partial charge in [0.15, 0.2) is 6.61 Å². The van der Waals surface area contributed by atoms with Gasteiger partial charge in [-0.15, -0.1) is 0 Å². The third-order valence-corrected chi connectivity index (χ3v) is 4.20. The van der Waals surface area contributed by atoms with E-state index < -0.39 is 18.4 Å². The molecule has 1 N–H and O–H groups in total. The number of carbonyl (C=O) groups excluding carboxylic acids is 2. The van der Waals surface area contributed by atoms with Gasteiger partial charge < -0.3 is 9.72 Å². The van der Waals surface area contributed by atoms with E-state index >= 15 is 0 Å². The van der Waals surface area contributed by atoms with Gasteiger partial charge in [0.25, 0.3) is 0 Å². The molecule has 0 amide bonds. The van der Waals surface area contributed by atoms with Crippen molar-refractivity contribution in [2.45, 2.75) is 13.3 Å². The van der Waals surface area contributed by atoms with Crippen molar-refractivity contribution in [3.8, 4) is 0 Å². The molecule has 0 spiro atoms. The molecule has 4 nitrogen and oxygen atoms in total. The van der Waals surface area contributed by atoms with Crippen LogP contribution < -0.4 is 0 Å². The SMILES string of the molecule is CCc1cccc2c(C(=O)COC(=O)c3ccc(Cl)cc3F)c[nH]c12. The lowest BCUT2D eigenvalue weighted by molar-refractivity contribution is 0.0470. The van der Waals surface area contributed by atoms with Crippen LogP contribution in [0.2, 0.25) is 5.02 Å². The molecule has 0 bridgehead atoms. The normalized spacial score (nSPS) is 10.8. The van der Waals surface area contributed by atoms with Gasteiger partial charge in [-0.05, 0) is 30.2 Å². The Balaban J connectivity index is 1.76. The highest BCUT2D eigenvalue weighted by Crippen LogP contribution is 2.23. The number of ketones is 1. The highest BCUT2D eigenvalue weighted by Gasteiger charge is 2.18. The number of carbonyl (C=O) groups is 2. The van der Waals surface area contributed by atoms with Crippen LogP contribution in [0.5, 0.6) is 0 Å². The van der Waals surface area contributed by atoms with E-state index in [2.05, 4.69) is 4.98 Å². The smallest absolute Gasteiger partial charge is 0.341 e. The summed E-state index contributed by atoms with van der Waals surface area (Å²) < 4.78 is 18.7. The number of rotatable bonds is 5. The highest BCUT2D eigenvalue weighted by molar-refractivity contribution is 6.30. The summed E-state index contributed by atoms with van der Waals surface area (Å²) in [6, 6.07) is 9.32. The molecular formula is C19H15ClFNO3. The molecule has 1 aromatic heterocycles. The molecule has 0 saturated carbocycles. The molecule has 128 valence electrons. The van der Waals surface area contributed by atoms with Crippen LogP contribution in [0.4, 0.5) is 4.39 Å². The lowest BCUT2D eigenvalue weighted by Crippen LogP contribution is -2.15. The van der Waals surface area contributed by atoms with Crippen molar-refractivity contribution in [1.82, 2.24) is 4.98 Å². The average molecular weight is 360 g/mol. The number of benzene rings is 2. The van der Waals surface area contributed by atoms with Crippen LogP contribution >= 0.6 is 11.6 Å². The molecule has 2 aromatic carbocycles. The lowest BCUT2D eigenvalue weighted by atomic mass is 10.1. The topological polar surface area (TPSA) is 59.2 Å². The maximum atomic E-state index is 13.7. The summed E-state index contributed by atoms with van der Waals surface area (Å²) in [6.45, 7) is 1.56. The second-order valence-electron chi connectivity index (χ2n) is 5.52. The number of aromatic amines is 1. The molecule has 25 heavy (non-hydrogen) atoms. The number of aromatic nitrogens is 1. The van der Waals surface area contributed by atoms with Gasteiger partial charge in [-0.2, -0.15) is 0 Å². The van der Waals surface area contributed by atoms with E-state index in [1.54, 1.807) is 6.20 Å². The van der Waals surface area contributed by atoms with Gasteiger partial charge in [0.1, 0.15) is 5.82 Å². The molecule has 1 heterocycles. The molecule has 0 aliphatic carbocycles. The molecule has 0 fully saturated rings. The van der Waals surface area contributed by atoms with E-state index in [1.807, 2.05) is 25.1 Å². The molecular weight excluding hydrogens is 345 g/mol. The van der Waals surface area contributed by atoms with Gasteiger partial charge in [-0.1, -0.05) is 36.7 Å². The summed E-state index contributed by atoms with van der Waals surface area (Å²) >= 11 is 5.65. The highest BCUT2D eigenvalue weighted by atomic mass is 35.5. The van der Waals surface area contributed by atoms with Crippen LogP contribution in [0.1, 0.15) is 33.2 Å². The van der Waals surface area contributed by atoms with Crippen molar-refractivity contribution >= 4 is 34.3 Å². The number of fused-ring (bicyclic) bond motifs is 1. The molecule has 0 aliphatic rings. The second kappa shape index (κ2) is 7.07. The lowest BCUT2D eigenvalue weighted by Gasteiger charge is -2.05. The quantitative estimate of drug-likeness (QED) is 0.536. The van der Waals surface area contributed by atoms with Crippen molar-refractivity contribution in [3.63, 3.8) is 0 Å². The Hall–Kier alpha value is -2.66. The molecule has 0 saturated heterocycles. The second-order valence-corrected chi connectivity index (χ2v) is 5.96. The first-order valence-electron chi connectivity index (χ1n) is 7.75. The fraction of sp³-hybridized carbons (Fsp3) is 0.158. The van der Waals surface area contributed by atoms with Crippen molar-refractivity contribution in [2.75, 3.05) is 6.61 Å². The zero-order valence-electron chi connectivity index (χ0n) is 13.4. The molecule has 0 unspecified atom stereocenters. The van der Waals surface area contributed by atoms with Crippen LogP contribution in [0.3, 0.4) is 0 Å². The van der Waals surface area contributed by atoms with Gasteiger partial charge in [0.05, 0.1) is 5.56 Å². The summed E-state index contributed by atoms with van der Waals surface area (Å²) in [5.74, 6) is -2.05. The first-order chi connectivity index (χ1) is 12.0. The summed E-state index contributed by atoms with van der Waals surface area (Å²) in [5, 5.41) is 0.953. The van der Waals surface area contributed by atoms with Crippen molar-refractivity contribution in [3.05, 3.63) is 70.1 Å². The third-order valence-electron chi connectivity index (χ3n) is 3.97. The first kappa shape index (κ1) is 17.2. The van der Waals surface area contributed by atoms with E-state index in [0.29, 0.717) is 5.56 Å². The van der Waals surface area contributed by atoms with Crippen molar-refractivity contribution in [2.24, 2.45) is 0 Å². The standard InChI is InChI=1S/C19H15ClFNO3/c1-2-11-4-3-5-13-15(9-22-18(11)13)17(23)10-25-19(24)14-7-6-12(20)8-16(14)21/h3-9,22H,2,10H2,1H3. The van der Waals surface area contributed by atoms with E-state index in [-0.39, 0.29) is 16.4 Å². The minimum absolute atomic E-state index is 0.177. The van der Waals surface area contributed by atoms with Crippen molar-refractivity contribution in [1.29, 1.82) is 0 Å². The summed E-state index contributed by atoms with van der Waals surface area (Å²) in [6.07, 6.45) is 2.43. The number of nitrogens with one attached hydrogen (secondary N) is 1. The maximum Gasteiger partial charge on any atom is 0.341 e. The third kappa shape index (κ3) is 3.42. The Kier molecular flexibility index (Phi) is 4.86. The number of hydrogen-bond acceptors (Lipinski definition) is 3. The number of aryl methyl sites for hydroxylation is 1. The first-order valence-corrected chi connectivity index (χ1v) is 8.13. The predicted octanol–water partition coefficient (Wildman–Crippen LogP) is 4.56. The molecule has 0 aliphatic heterocycles. The number of halogens is 2. The number of H-pyrrole nitrogens is 1. The fourth-order valence-electron chi connectivity index (χ4n) is 2.68. The van der Waals surface area contributed by atoms with Crippen LogP contribution in [0.25, 0.3) is 10.9 Å². The maximum absolute atomic E-state index is 13.7. The Bertz CT molecular complexity index is 964. The van der Waals surface area contributed by atoms with Gasteiger partial charge in [-0.3, -0.25) is 4.79 Å². The van der Waals surface area contributed by atoms with Gasteiger partial charge in [-0.25, -0.2) is 9.18 Å². The van der Waals surface area contributed by atoms with Crippen LogP contribution in [-0.4, -0.2) is 23.3 Å². The number of hydrogen-bond donors (Lipinski definition) is 1.